The Balaban J connectivity index is 1.63. The lowest BCUT2D eigenvalue weighted by molar-refractivity contribution is -0.141. The van der Waals surface area contributed by atoms with Gasteiger partial charge in [-0.25, -0.2) is 4.98 Å². The summed E-state index contributed by atoms with van der Waals surface area (Å²) in [6.45, 7) is 2.60. The van der Waals surface area contributed by atoms with E-state index in [9.17, 15) is 14.7 Å². The van der Waals surface area contributed by atoms with Crippen LogP contribution in [0, 0.1) is 12.8 Å². The predicted molar refractivity (Wildman–Crippen MR) is 92.8 cm³/mol. The number of nitrogens with one attached hydrogen (secondary N) is 1. The summed E-state index contributed by atoms with van der Waals surface area (Å²) in [4.78, 5) is 28.0. The topological polar surface area (TPSA) is 102 Å². The monoisotopic (exact) mass is 358 g/mol. The van der Waals surface area contributed by atoms with Crippen LogP contribution in [0.3, 0.4) is 0 Å². The van der Waals surface area contributed by atoms with Gasteiger partial charge in [0.25, 0.3) is 5.91 Å². The third-order valence-corrected chi connectivity index (χ3v) is 4.45. The second-order valence-corrected chi connectivity index (χ2v) is 6.51. The number of carbonyl (C=O) groups is 2. The van der Waals surface area contributed by atoms with Crippen molar-refractivity contribution in [1.82, 2.24) is 10.3 Å². The first-order valence-corrected chi connectivity index (χ1v) is 8.66. The number of aromatic nitrogens is 1. The third kappa shape index (κ3) is 4.29. The van der Waals surface area contributed by atoms with Gasteiger partial charge < -0.3 is 19.6 Å². The lowest BCUT2D eigenvalue weighted by atomic mass is 9.98. The number of carboxylic acids is 1. The molecule has 26 heavy (non-hydrogen) atoms. The molecule has 2 atom stereocenters. The summed E-state index contributed by atoms with van der Waals surface area (Å²) >= 11 is 0. The number of hydrogen-bond donors (Lipinski definition) is 2. The highest BCUT2D eigenvalue weighted by Crippen LogP contribution is 2.30. The fourth-order valence-electron chi connectivity index (χ4n) is 3.11. The Morgan fingerprint density at radius 1 is 1.42 bits per heavy atom. The average molecular weight is 358 g/mol. The summed E-state index contributed by atoms with van der Waals surface area (Å²) in [6.07, 6.45) is 2.98. The number of hydrogen-bond acceptors (Lipinski definition) is 5. The molecule has 7 heteroatoms. The number of carbonyl (C=O) groups excluding carboxylic acids is 1. The zero-order valence-corrected chi connectivity index (χ0v) is 14.6. The van der Waals surface area contributed by atoms with Crippen LogP contribution in [0.25, 0.3) is 0 Å². The first-order valence-electron chi connectivity index (χ1n) is 8.66. The van der Waals surface area contributed by atoms with Crippen molar-refractivity contribution in [3.05, 3.63) is 53.2 Å². The molecule has 0 spiro atoms. The molecule has 1 fully saturated rings. The van der Waals surface area contributed by atoms with Gasteiger partial charge in [0.05, 0.1) is 5.92 Å². The molecule has 1 aromatic heterocycles. The minimum atomic E-state index is -0.952. The number of benzene rings is 1. The minimum Gasteiger partial charge on any atom is -0.481 e. The molecule has 0 radical (unpaired) electrons. The number of oxazole rings is 1. The van der Waals surface area contributed by atoms with Gasteiger partial charge in [-0.05, 0) is 31.7 Å². The van der Waals surface area contributed by atoms with E-state index in [1.807, 2.05) is 31.2 Å². The number of nitrogens with zero attached hydrogens (tertiary/aromatic N) is 1. The molecule has 2 N–H and O–H groups in total. The van der Waals surface area contributed by atoms with E-state index in [-0.39, 0.29) is 18.3 Å². The van der Waals surface area contributed by atoms with Crippen LogP contribution in [0.1, 0.15) is 46.3 Å². The molecule has 138 valence electrons. The Kier molecular flexibility index (Phi) is 5.68. The number of carboxylic acid groups (broad SMARTS) is 1. The molecule has 1 aliphatic heterocycles. The van der Waals surface area contributed by atoms with Crippen molar-refractivity contribution in [3.63, 3.8) is 0 Å². The number of rotatable bonds is 7. The number of amides is 1. The predicted octanol–water partition coefficient (Wildman–Crippen LogP) is 2.51. The number of aryl methyl sites for hydroxylation is 1. The quantitative estimate of drug-likeness (QED) is 0.788. The highest BCUT2D eigenvalue weighted by atomic mass is 16.5. The van der Waals surface area contributed by atoms with Crippen molar-refractivity contribution in [2.24, 2.45) is 5.92 Å². The van der Waals surface area contributed by atoms with Gasteiger partial charge in [-0.2, -0.15) is 0 Å². The van der Waals surface area contributed by atoms with Gasteiger partial charge in [0.15, 0.2) is 17.8 Å². The fraction of sp³-hybridized carbons (Fsp3) is 0.421. The van der Waals surface area contributed by atoms with Gasteiger partial charge in [0, 0.05) is 13.2 Å². The maximum atomic E-state index is 12.4. The Bertz CT molecular complexity index is 780. The highest BCUT2D eigenvalue weighted by molar-refractivity contribution is 5.93. The standard InChI is InChI=1S/C19H22N2O5/c1-12-4-2-5-13(8-12)9-14(19(23)24)10-20-18(22)16-17(26-11-21-16)15-6-3-7-25-15/h2,4-5,8,11,14-15H,3,6-7,9-10H2,1H3,(H,20,22)(H,23,24)/t14-,15+/m1/s1. The average Bonchev–Trinajstić information content (AvgIpc) is 3.28. The van der Waals surface area contributed by atoms with Crippen molar-refractivity contribution in [1.29, 1.82) is 0 Å². The van der Waals surface area contributed by atoms with Crippen LogP contribution < -0.4 is 5.32 Å². The molecule has 0 unspecified atom stereocenters. The Morgan fingerprint density at radius 3 is 2.96 bits per heavy atom. The maximum Gasteiger partial charge on any atom is 0.308 e. The van der Waals surface area contributed by atoms with E-state index >= 15 is 0 Å². The first kappa shape index (κ1) is 18.1. The fourth-order valence-corrected chi connectivity index (χ4v) is 3.11. The highest BCUT2D eigenvalue weighted by Gasteiger charge is 2.28. The third-order valence-electron chi connectivity index (χ3n) is 4.45. The van der Waals surface area contributed by atoms with E-state index in [1.54, 1.807) is 0 Å². The smallest absolute Gasteiger partial charge is 0.308 e. The summed E-state index contributed by atoms with van der Waals surface area (Å²) in [6, 6.07) is 7.69. The van der Waals surface area contributed by atoms with Gasteiger partial charge in [0.2, 0.25) is 0 Å². The summed E-state index contributed by atoms with van der Waals surface area (Å²) in [5.41, 5.74) is 2.16. The molecule has 0 bridgehead atoms. The van der Waals surface area contributed by atoms with Gasteiger partial charge in [-0.3, -0.25) is 9.59 Å². The zero-order chi connectivity index (χ0) is 18.5. The van der Waals surface area contributed by atoms with Crippen molar-refractivity contribution in [3.8, 4) is 0 Å². The van der Waals surface area contributed by atoms with Crippen molar-refractivity contribution in [2.45, 2.75) is 32.3 Å². The van der Waals surface area contributed by atoms with Crippen LogP contribution in [0.2, 0.25) is 0 Å². The summed E-state index contributed by atoms with van der Waals surface area (Å²) < 4.78 is 10.9. The molecule has 3 rings (SSSR count). The van der Waals surface area contributed by atoms with Gasteiger partial charge in [-0.15, -0.1) is 0 Å². The molecular formula is C19H22N2O5. The van der Waals surface area contributed by atoms with Crippen molar-refractivity contribution in [2.75, 3.05) is 13.2 Å². The second kappa shape index (κ2) is 8.14. The number of ether oxygens (including phenoxy) is 1. The van der Waals surface area contributed by atoms with Crippen molar-refractivity contribution < 1.29 is 23.8 Å². The summed E-state index contributed by atoms with van der Waals surface area (Å²) in [5.74, 6) is -1.71. The van der Waals surface area contributed by atoms with Crippen LogP contribution in [0.15, 0.2) is 35.1 Å². The number of aliphatic carboxylic acids is 1. The molecule has 2 aromatic rings. The first-order chi connectivity index (χ1) is 12.5. The largest absolute Gasteiger partial charge is 0.481 e. The molecule has 0 aliphatic carbocycles. The van der Waals surface area contributed by atoms with E-state index < -0.39 is 17.8 Å². The Hall–Kier alpha value is -2.67. The lowest BCUT2D eigenvalue weighted by Gasteiger charge is -2.14. The Labute approximate surface area is 151 Å². The van der Waals surface area contributed by atoms with E-state index in [1.165, 1.54) is 6.39 Å². The van der Waals surface area contributed by atoms with Crippen LogP contribution in [-0.2, 0) is 16.0 Å². The summed E-state index contributed by atoms with van der Waals surface area (Å²) in [5, 5.41) is 12.1. The molecule has 1 aromatic carbocycles. The van der Waals surface area contributed by atoms with Crippen LogP contribution in [-0.4, -0.2) is 35.1 Å². The molecular weight excluding hydrogens is 336 g/mol. The SMILES string of the molecule is Cc1cccc(C[C@H](CNC(=O)c2ncoc2[C@@H]2CCCO2)C(=O)O)c1. The molecule has 1 saturated heterocycles. The van der Waals surface area contributed by atoms with Crippen LogP contribution in [0.5, 0.6) is 0 Å². The summed E-state index contributed by atoms with van der Waals surface area (Å²) in [7, 11) is 0. The second-order valence-electron chi connectivity index (χ2n) is 6.51. The Morgan fingerprint density at radius 2 is 2.27 bits per heavy atom. The van der Waals surface area contributed by atoms with E-state index in [0.29, 0.717) is 18.8 Å². The zero-order valence-electron chi connectivity index (χ0n) is 14.6. The minimum absolute atomic E-state index is 0.0138. The van der Waals surface area contributed by atoms with Crippen molar-refractivity contribution >= 4 is 11.9 Å². The maximum absolute atomic E-state index is 12.4. The van der Waals surface area contributed by atoms with E-state index in [4.69, 9.17) is 9.15 Å². The van der Waals surface area contributed by atoms with Crippen LogP contribution in [0.4, 0.5) is 0 Å². The normalized spacial score (nSPS) is 17.8. The molecule has 2 heterocycles. The van der Waals surface area contributed by atoms with E-state index in [2.05, 4.69) is 10.3 Å². The van der Waals surface area contributed by atoms with Gasteiger partial charge in [0.1, 0.15) is 6.10 Å². The molecule has 1 aliphatic rings. The molecule has 7 nitrogen and oxygen atoms in total. The van der Waals surface area contributed by atoms with Crippen LogP contribution >= 0.6 is 0 Å². The molecule has 0 saturated carbocycles. The van der Waals surface area contributed by atoms with E-state index in [0.717, 1.165) is 24.0 Å². The van der Waals surface area contributed by atoms with Gasteiger partial charge >= 0.3 is 5.97 Å². The lowest BCUT2D eigenvalue weighted by Crippen LogP contribution is -2.34. The van der Waals surface area contributed by atoms with Gasteiger partial charge in [-0.1, -0.05) is 29.8 Å². The molecule has 1 amide bonds.